The van der Waals surface area contributed by atoms with Gasteiger partial charge in [-0.05, 0) is 30.7 Å². The number of carboxylic acids is 1. The van der Waals surface area contributed by atoms with Gasteiger partial charge in [0.1, 0.15) is 5.41 Å². The summed E-state index contributed by atoms with van der Waals surface area (Å²) in [5.74, 6) is -2.15. The van der Waals surface area contributed by atoms with Crippen molar-refractivity contribution in [2.45, 2.75) is 57.9 Å². The lowest BCUT2D eigenvalue weighted by molar-refractivity contribution is -0.147. The highest BCUT2D eigenvalue weighted by molar-refractivity contribution is 6.20. The summed E-state index contributed by atoms with van der Waals surface area (Å²) in [6.07, 6.45) is 6.39. The average molecular weight is 445 g/mol. The van der Waals surface area contributed by atoms with Crippen molar-refractivity contribution in [1.82, 2.24) is 16.0 Å². The quantitative estimate of drug-likeness (QED) is 0.322. The summed E-state index contributed by atoms with van der Waals surface area (Å²) in [7, 11) is 0. The van der Waals surface area contributed by atoms with Crippen LogP contribution in [0.4, 0.5) is 10.5 Å². The maximum Gasteiger partial charge on any atom is 0.335 e. The van der Waals surface area contributed by atoms with E-state index in [2.05, 4.69) is 22.9 Å². The molecule has 0 aliphatic carbocycles. The fourth-order valence-electron chi connectivity index (χ4n) is 4.69. The number of barbiturate groups is 1. The number of aromatic carboxylic acids is 1. The first-order valence-corrected chi connectivity index (χ1v) is 11.4. The van der Waals surface area contributed by atoms with Crippen LogP contribution in [-0.4, -0.2) is 54.6 Å². The molecule has 9 nitrogen and oxygen atoms in total. The monoisotopic (exact) mass is 444 g/mol. The zero-order valence-corrected chi connectivity index (χ0v) is 18.5. The Kier molecular flexibility index (Phi) is 7.84. The minimum absolute atomic E-state index is 0.168. The van der Waals surface area contributed by atoms with Gasteiger partial charge in [-0.25, -0.2) is 9.59 Å². The van der Waals surface area contributed by atoms with E-state index in [4.69, 9.17) is 0 Å². The van der Waals surface area contributed by atoms with Crippen molar-refractivity contribution in [2.75, 3.05) is 24.5 Å². The number of piperazine rings is 1. The lowest BCUT2D eigenvalue weighted by atomic mass is 9.71. The number of anilines is 1. The summed E-state index contributed by atoms with van der Waals surface area (Å²) in [6.45, 7) is 3.75. The Bertz CT molecular complexity index is 834. The normalized spacial score (nSPS) is 20.6. The lowest BCUT2D eigenvalue weighted by Crippen LogP contribution is -2.72. The molecule has 1 aromatic rings. The zero-order chi connectivity index (χ0) is 23.1. The zero-order valence-electron chi connectivity index (χ0n) is 18.5. The van der Waals surface area contributed by atoms with Crippen molar-refractivity contribution in [1.29, 1.82) is 0 Å². The van der Waals surface area contributed by atoms with E-state index in [0.29, 0.717) is 32.5 Å². The van der Waals surface area contributed by atoms with Crippen LogP contribution in [0.25, 0.3) is 0 Å². The number of nitrogens with one attached hydrogen (secondary N) is 3. The van der Waals surface area contributed by atoms with Crippen LogP contribution in [0, 0.1) is 5.41 Å². The van der Waals surface area contributed by atoms with E-state index >= 15 is 0 Å². The third-order valence-electron chi connectivity index (χ3n) is 6.45. The molecule has 0 saturated carbocycles. The van der Waals surface area contributed by atoms with Crippen LogP contribution in [0.1, 0.15) is 62.2 Å². The number of hydrogen-bond acceptors (Lipinski definition) is 6. The number of amides is 4. The van der Waals surface area contributed by atoms with Gasteiger partial charge in [-0.3, -0.25) is 20.2 Å². The molecule has 2 fully saturated rings. The maximum atomic E-state index is 13.2. The van der Waals surface area contributed by atoms with Gasteiger partial charge < -0.3 is 15.3 Å². The van der Waals surface area contributed by atoms with Crippen molar-refractivity contribution < 1.29 is 24.3 Å². The number of benzene rings is 1. The minimum atomic E-state index is -1.42. The molecule has 2 heterocycles. The van der Waals surface area contributed by atoms with Gasteiger partial charge in [-0.15, -0.1) is 0 Å². The van der Waals surface area contributed by atoms with Crippen LogP contribution in [0.5, 0.6) is 0 Å². The van der Waals surface area contributed by atoms with Crippen LogP contribution in [0.2, 0.25) is 0 Å². The summed E-state index contributed by atoms with van der Waals surface area (Å²) in [4.78, 5) is 51.4. The molecule has 1 aromatic carbocycles. The summed E-state index contributed by atoms with van der Waals surface area (Å²) in [6, 6.07) is 5.12. The van der Waals surface area contributed by atoms with Gasteiger partial charge in [0, 0.05) is 25.3 Å². The number of carboxylic acid groups (broad SMARTS) is 1. The first-order valence-electron chi connectivity index (χ1n) is 11.4. The standard InChI is InChI=1S/C23H32N4O5/c1-2-3-4-5-6-7-12-23(20(30)25-22(32)26-21(23)31)18-15-24-13-14-27(18)17-10-8-16(9-11-17)19(28)29/h8-11,18,24H,2-7,12-15H2,1H3,(H,28,29)(H2,25,26,30,31,32). The fourth-order valence-corrected chi connectivity index (χ4v) is 4.69. The number of carbonyl (C=O) groups is 4. The van der Waals surface area contributed by atoms with E-state index in [1.54, 1.807) is 12.1 Å². The summed E-state index contributed by atoms with van der Waals surface area (Å²) < 4.78 is 0. The molecule has 9 heteroatoms. The van der Waals surface area contributed by atoms with E-state index in [0.717, 1.165) is 37.8 Å². The lowest BCUT2D eigenvalue weighted by Gasteiger charge is -2.48. The molecule has 1 unspecified atom stereocenters. The van der Waals surface area contributed by atoms with Crippen molar-refractivity contribution in [3.05, 3.63) is 29.8 Å². The van der Waals surface area contributed by atoms with E-state index in [-0.39, 0.29) is 5.56 Å². The van der Waals surface area contributed by atoms with Gasteiger partial charge in [-0.1, -0.05) is 45.4 Å². The Labute approximate surface area is 187 Å². The first kappa shape index (κ1) is 23.7. The number of nitrogens with zero attached hydrogens (tertiary/aromatic N) is 1. The molecule has 32 heavy (non-hydrogen) atoms. The number of rotatable bonds is 10. The average Bonchev–Trinajstić information content (AvgIpc) is 2.78. The van der Waals surface area contributed by atoms with Gasteiger partial charge in [-0.2, -0.15) is 0 Å². The van der Waals surface area contributed by atoms with Crippen LogP contribution in [0.15, 0.2) is 24.3 Å². The second kappa shape index (κ2) is 10.6. The smallest absolute Gasteiger partial charge is 0.335 e. The summed E-state index contributed by atoms with van der Waals surface area (Å²) >= 11 is 0. The van der Waals surface area contributed by atoms with Crippen molar-refractivity contribution in [3.8, 4) is 0 Å². The highest BCUT2D eigenvalue weighted by Gasteiger charge is 2.57. The molecule has 4 amide bonds. The molecule has 2 aliphatic rings. The molecule has 2 saturated heterocycles. The maximum absolute atomic E-state index is 13.2. The third kappa shape index (κ3) is 4.93. The highest BCUT2D eigenvalue weighted by Crippen LogP contribution is 2.38. The van der Waals surface area contributed by atoms with Crippen LogP contribution >= 0.6 is 0 Å². The van der Waals surface area contributed by atoms with E-state index in [1.807, 2.05) is 4.90 Å². The van der Waals surface area contributed by atoms with E-state index in [9.17, 15) is 24.3 Å². The Morgan fingerprint density at radius 1 is 1.03 bits per heavy atom. The van der Waals surface area contributed by atoms with Gasteiger partial charge in [0.05, 0.1) is 11.6 Å². The Balaban J connectivity index is 1.88. The van der Waals surface area contributed by atoms with Crippen LogP contribution < -0.4 is 20.9 Å². The molecule has 0 bridgehead atoms. The predicted molar refractivity (Wildman–Crippen MR) is 120 cm³/mol. The Morgan fingerprint density at radius 3 is 2.28 bits per heavy atom. The molecular formula is C23H32N4O5. The second-order valence-corrected chi connectivity index (χ2v) is 8.49. The molecule has 4 N–H and O–H groups in total. The number of carbonyl (C=O) groups excluding carboxylic acids is 3. The largest absolute Gasteiger partial charge is 0.478 e. The second-order valence-electron chi connectivity index (χ2n) is 8.49. The van der Waals surface area contributed by atoms with Crippen molar-refractivity contribution in [3.63, 3.8) is 0 Å². The molecule has 2 aliphatic heterocycles. The van der Waals surface area contributed by atoms with Gasteiger partial charge in [0.2, 0.25) is 11.8 Å². The van der Waals surface area contributed by atoms with Crippen LogP contribution in [-0.2, 0) is 9.59 Å². The summed E-state index contributed by atoms with van der Waals surface area (Å²) in [5.41, 5.74) is -0.514. The van der Waals surface area contributed by atoms with Gasteiger partial charge in [0.25, 0.3) is 0 Å². The van der Waals surface area contributed by atoms with Gasteiger partial charge in [0.15, 0.2) is 0 Å². The summed E-state index contributed by atoms with van der Waals surface area (Å²) in [5, 5.41) is 17.1. The number of unbranched alkanes of at least 4 members (excludes halogenated alkanes) is 5. The predicted octanol–water partition coefficient (Wildman–Crippen LogP) is 2.27. The molecule has 0 radical (unpaired) electrons. The molecule has 0 aromatic heterocycles. The molecular weight excluding hydrogens is 412 g/mol. The molecule has 174 valence electrons. The highest BCUT2D eigenvalue weighted by atomic mass is 16.4. The van der Waals surface area contributed by atoms with E-state index in [1.165, 1.54) is 12.1 Å². The first-order chi connectivity index (χ1) is 15.4. The Hall–Kier alpha value is -2.94. The minimum Gasteiger partial charge on any atom is -0.478 e. The van der Waals surface area contributed by atoms with E-state index < -0.39 is 35.3 Å². The number of hydrogen-bond donors (Lipinski definition) is 4. The number of urea groups is 1. The van der Waals surface area contributed by atoms with Gasteiger partial charge >= 0.3 is 12.0 Å². The Morgan fingerprint density at radius 2 is 1.66 bits per heavy atom. The van der Waals surface area contributed by atoms with Crippen molar-refractivity contribution in [2.24, 2.45) is 5.41 Å². The van der Waals surface area contributed by atoms with Crippen LogP contribution in [0.3, 0.4) is 0 Å². The molecule has 0 spiro atoms. The molecule has 1 atom stereocenters. The topological polar surface area (TPSA) is 128 Å². The van der Waals surface area contributed by atoms with Crippen molar-refractivity contribution >= 4 is 29.5 Å². The third-order valence-corrected chi connectivity index (χ3v) is 6.45. The fraction of sp³-hybridized carbons (Fsp3) is 0.565. The molecule has 3 rings (SSSR count). The number of imide groups is 2. The SMILES string of the molecule is CCCCCCCCC1(C2CNCCN2c2ccc(C(=O)O)cc2)C(=O)NC(=O)NC1=O.